The summed E-state index contributed by atoms with van der Waals surface area (Å²) >= 11 is 6.52. The highest BCUT2D eigenvalue weighted by Gasteiger charge is 2.47. The molecule has 1 saturated carbocycles. The fourth-order valence-corrected chi connectivity index (χ4v) is 4.91. The summed E-state index contributed by atoms with van der Waals surface area (Å²) in [5, 5.41) is 3.93. The van der Waals surface area contributed by atoms with Gasteiger partial charge in [-0.1, -0.05) is 59.6 Å². The van der Waals surface area contributed by atoms with Crippen molar-refractivity contribution in [2.24, 2.45) is 11.8 Å². The summed E-state index contributed by atoms with van der Waals surface area (Å²) in [5.74, 6) is 1.44. The average Bonchev–Trinajstić information content (AvgIpc) is 2.97. The minimum absolute atomic E-state index is 0.148. The summed E-state index contributed by atoms with van der Waals surface area (Å²) in [7, 11) is 0. The molecule has 4 rings (SSSR count). The lowest BCUT2D eigenvalue weighted by Crippen LogP contribution is -2.32. The number of fused-ring (bicyclic) bond motifs is 1. The van der Waals surface area contributed by atoms with Crippen molar-refractivity contribution in [1.82, 2.24) is 5.32 Å². The van der Waals surface area contributed by atoms with Crippen LogP contribution in [0.25, 0.3) is 0 Å². The maximum Gasteiger partial charge on any atom is 0.223 e. The third kappa shape index (κ3) is 2.63. The van der Waals surface area contributed by atoms with Gasteiger partial charge in [0.05, 0.1) is 0 Å². The Morgan fingerprint density at radius 1 is 1.00 bits per heavy atom. The van der Waals surface area contributed by atoms with Gasteiger partial charge in [-0.2, -0.15) is 0 Å². The first kappa shape index (κ1) is 15.7. The smallest absolute Gasteiger partial charge is 0.223 e. The number of hydrogen-bond acceptors (Lipinski definition) is 1. The van der Waals surface area contributed by atoms with Crippen LogP contribution in [0.1, 0.15) is 41.4 Å². The largest absolute Gasteiger partial charge is 0.356 e. The third-order valence-electron chi connectivity index (χ3n) is 5.82. The van der Waals surface area contributed by atoms with Crippen molar-refractivity contribution in [2.75, 3.05) is 6.54 Å². The summed E-state index contributed by atoms with van der Waals surface area (Å²) in [6.07, 6.45) is 1.96. The van der Waals surface area contributed by atoms with Crippen LogP contribution in [0, 0.1) is 18.8 Å². The number of carbonyl (C=O) groups excluding carboxylic acids is 1. The summed E-state index contributed by atoms with van der Waals surface area (Å²) < 4.78 is 0. The molecule has 1 saturated heterocycles. The molecule has 2 aromatic rings. The Labute approximate surface area is 148 Å². The van der Waals surface area contributed by atoms with Gasteiger partial charge in [-0.05, 0) is 54.7 Å². The molecule has 1 aliphatic carbocycles. The zero-order chi connectivity index (χ0) is 16.7. The zero-order valence-electron chi connectivity index (χ0n) is 13.8. The molecule has 4 atom stereocenters. The van der Waals surface area contributed by atoms with Gasteiger partial charge >= 0.3 is 0 Å². The number of aryl methyl sites for hydroxylation is 1. The molecule has 2 aromatic carbocycles. The third-order valence-corrected chi connectivity index (χ3v) is 6.16. The molecular formula is C21H22ClNO. The van der Waals surface area contributed by atoms with E-state index in [2.05, 4.69) is 48.6 Å². The van der Waals surface area contributed by atoms with E-state index in [4.69, 9.17) is 11.6 Å². The number of amides is 1. The van der Waals surface area contributed by atoms with E-state index in [1.807, 2.05) is 12.1 Å². The molecule has 2 nitrogen and oxygen atoms in total. The Morgan fingerprint density at radius 2 is 1.71 bits per heavy atom. The van der Waals surface area contributed by atoms with Gasteiger partial charge in [0.1, 0.15) is 0 Å². The average molecular weight is 340 g/mol. The normalized spacial score (nSPS) is 29.2. The molecule has 124 valence electrons. The maximum absolute atomic E-state index is 12.2. The van der Waals surface area contributed by atoms with Gasteiger partial charge in [-0.25, -0.2) is 0 Å². The van der Waals surface area contributed by atoms with Crippen molar-refractivity contribution < 1.29 is 4.79 Å². The highest BCUT2D eigenvalue weighted by molar-refractivity contribution is 6.31. The van der Waals surface area contributed by atoms with Gasteiger partial charge in [-0.15, -0.1) is 0 Å². The van der Waals surface area contributed by atoms with Gasteiger partial charge in [0, 0.05) is 17.5 Å². The molecule has 0 bridgehead atoms. The van der Waals surface area contributed by atoms with Crippen molar-refractivity contribution in [3.05, 3.63) is 70.2 Å². The highest BCUT2D eigenvalue weighted by Crippen LogP contribution is 2.52. The number of halogens is 1. The van der Waals surface area contributed by atoms with E-state index < -0.39 is 0 Å². The van der Waals surface area contributed by atoms with Crippen LogP contribution in [0.15, 0.2) is 48.5 Å². The van der Waals surface area contributed by atoms with Crippen LogP contribution in [-0.4, -0.2) is 12.5 Å². The summed E-state index contributed by atoms with van der Waals surface area (Å²) in [4.78, 5) is 12.2. The van der Waals surface area contributed by atoms with Gasteiger partial charge in [0.2, 0.25) is 5.91 Å². The molecule has 24 heavy (non-hydrogen) atoms. The van der Waals surface area contributed by atoms with E-state index in [0.717, 1.165) is 24.4 Å². The van der Waals surface area contributed by atoms with Gasteiger partial charge < -0.3 is 5.32 Å². The molecule has 1 heterocycles. The van der Waals surface area contributed by atoms with E-state index in [1.54, 1.807) is 0 Å². The number of rotatable bonds is 2. The lowest BCUT2D eigenvalue weighted by Gasteiger charge is -2.39. The molecule has 3 heteroatoms. The second kappa shape index (κ2) is 6.25. The number of carbonyl (C=O) groups is 1. The topological polar surface area (TPSA) is 29.1 Å². The lowest BCUT2D eigenvalue weighted by molar-refractivity contribution is -0.123. The minimum atomic E-state index is 0.148. The molecule has 1 amide bonds. The van der Waals surface area contributed by atoms with Crippen LogP contribution in [0.5, 0.6) is 0 Å². The maximum atomic E-state index is 12.2. The number of hydrogen-bond donors (Lipinski definition) is 1. The number of benzene rings is 2. The standard InChI is InChI=1S/C21H22ClNO/c1-13-6-8-14(9-7-13)20-16(15-4-2-3-5-19(15)22)10-11-17-18(20)12-23-21(17)24/h2-9,16-18,20H,10-12H2,1H3,(H,23,24)/t16-,17+,18+,20-/m0/s1. The fourth-order valence-electron chi connectivity index (χ4n) is 4.64. The first-order chi connectivity index (χ1) is 11.6. The van der Waals surface area contributed by atoms with Crippen molar-refractivity contribution in [1.29, 1.82) is 0 Å². The van der Waals surface area contributed by atoms with Crippen LogP contribution in [0.3, 0.4) is 0 Å². The molecule has 2 aliphatic rings. The Balaban J connectivity index is 1.78. The van der Waals surface area contributed by atoms with E-state index >= 15 is 0 Å². The summed E-state index contributed by atoms with van der Waals surface area (Å²) in [6.45, 7) is 2.89. The molecule has 1 N–H and O–H groups in total. The van der Waals surface area contributed by atoms with Crippen LogP contribution in [0.4, 0.5) is 0 Å². The van der Waals surface area contributed by atoms with Gasteiger partial charge in [0.15, 0.2) is 0 Å². The monoisotopic (exact) mass is 339 g/mol. The first-order valence-electron chi connectivity index (χ1n) is 8.74. The Kier molecular flexibility index (Phi) is 4.09. The summed E-state index contributed by atoms with van der Waals surface area (Å²) in [6, 6.07) is 17.0. The Morgan fingerprint density at radius 3 is 2.46 bits per heavy atom. The van der Waals surface area contributed by atoms with Gasteiger partial charge in [-0.3, -0.25) is 4.79 Å². The Hall–Kier alpha value is -1.80. The van der Waals surface area contributed by atoms with Crippen LogP contribution in [0.2, 0.25) is 5.02 Å². The fraction of sp³-hybridized carbons (Fsp3) is 0.381. The predicted octanol–water partition coefficient (Wildman–Crippen LogP) is 4.67. The lowest BCUT2D eigenvalue weighted by atomic mass is 9.63. The molecule has 0 spiro atoms. The Bertz CT molecular complexity index is 755. The van der Waals surface area contributed by atoms with Crippen molar-refractivity contribution in [2.45, 2.75) is 31.6 Å². The summed E-state index contributed by atoms with van der Waals surface area (Å²) in [5.41, 5.74) is 3.82. The molecule has 1 aliphatic heterocycles. The number of nitrogens with one attached hydrogen (secondary N) is 1. The van der Waals surface area contributed by atoms with Crippen molar-refractivity contribution >= 4 is 17.5 Å². The van der Waals surface area contributed by atoms with Crippen LogP contribution in [-0.2, 0) is 4.79 Å². The van der Waals surface area contributed by atoms with Crippen LogP contribution < -0.4 is 5.32 Å². The first-order valence-corrected chi connectivity index (χ1v) is 9.11. The van der Waals surface area contributed by atoms with Crippen molar-refractivity contribution in [3.63, 3.8) is 0 Å². The van der Waals surface area contributed by atoms with E-state index in [9.17, 15) is 4.79 Å². The zero-order valence-corrected chi connectivity index (χ0v) is 14.6. The SMILES string of the molecule is Cc1ccc([C@@H]2[C@@H]3CNC(=O)[C@@H]3CC[C@H]2c2ccccc2Cl)cc1. The van der Waals surface area contributed by atoms with E-state index in [1.165, 1.54) is 16.7 Å². The molecule has 0 aromatic heterocycles. The minimum Gasteiger partial charge on any atom is -0.356 e. The molecule has 0 unspecified atom stereocenters. The van der Waals surface area contributed by atoms with Crippen LogP contribution >= 0.6 is 11.6 Å². The van der Waals surface area contributed by atoms with E-state index in [-0.39, 0.29) is 11.8 Å². The quantitative estimate of drug-likeness (QED) is 0.846. The molecule has 2 fully saturated rings. The van der Waals surface area contributed by atoms with Gasteiger partial charge in [0.25, 0.3) is 0 Å². The predicted molar refractivity (Wildman–Crippen MR) is 97.3 cm³/mol. The highest BCUT2D eigenvalue weighted by atomic mass is 35.5. The van der Waals surface area contributed by atoms with E-state index in [0.29, 0.717) is 17.8 Å². The molecular weight excluding hydrogens is 318 g/mol. The van der Waals surface area contributed by atoms with Crippen molar-refractivity contribution in [3.8, 4) is 0 Å². The molecule has 0 radical (unpaired) electrons. The second-order valence-corrected chi connectivity index (χ2v) is 7.56. The second-order valence-electron chi connectivity index (χ2n) is 7.16.